The summed E-state index contributed by atoms with van der Waals surface area (Å²) in [7, 11) is 0. The first-order valence-electron chi connectivity index (χ1n) is 3.30. The molecule has 0 fully saturated rings. The summed E-state index contributed by atoms with van der Waals surface area (Å²) in [4.78, 5) is 0. The van der Waals surface area contributed by atoms with E-state index in [0.29, 0.717) is 0 Å². The Morgan fingerprint density at radius 2 is 2.45 bits per heavy atom. The van der Waals surface area contributed by atoms with Gasteiger partial charge in [0.2, 0.25) is 0 Å². The van der Waals surface area contributed by atoms with Crippen LogP contribution >= 0.6 is 0 Å². The maximum Gasteiger partial charge on any atom is 0.168 e. The van der Waals surface area contributed by atoms with Gasteiger partial charge >= 0.3 is 0 Å². The Bertz CT molecular complexity index is 284. The van der Waals surface area contributed by atoms with E-state index < -0.39 is 5.83 Å². The third-order valence-electron chi connectivity index (χ3n) is 1.29. The van der Waals surface area contributed by atoms with Crippen LogP contribution in [0.5, 0.6) is 0 Å². The lowest BCUT2D eigenvalue weighted by Crippen LogP contribution is -1.74. The van der Waals surface area contributed by atoms with E-state index in [2.05, 4.69) is 6.58 Å². The summed E-state index contributed by atoms with van der Waals surface area (Å²) in [6, 6.07) is 1.69. The summed E-state index contributed by atoms with van der Waals surface area (Å²) in [6.07, 6.45) is 5.02. The summed E-state index contributed by atoms with van der Waals surface area (Å²) in [5.41, 5.74) is 0.722. The van der Waals surface area contributed by atoms with Crippen molar-refractivity contribution in [3.63, 3.8) is 0 Å². The fourth-order valence-corrected chi connectivity index (χ4v) is 0.850. The monoisotopic (exact) mass is 152 g/mol. The normalized spacial score (nSPS) is 10.7. The molecule has 1 aromatic rings. The van der Waals surface area contributed by atoms with Crippen molar-refractivity contribution in [3.8, 4) is 0 Å². The van der Waals surface area contributed by atoms with Crippen molar-refractivity contribution in [1.29, 1.82) is 0 Å². The minimum Gasteiger partial charge on any atom is -0.461 e. The highest BCUT2D eigenvalue weighted by Gasteiger charge is 2.05. The second-order valence-corrected chi connectivity index (χ2v) is 2.11. The summed E-state index contributed by atoms with van der Waals surface area (Å²) < 4.78 is 17.4. The van der Waals surface area contributed by atoms with Gasteiger partial charge in [-0.15, -0.1) is 0 Å². The predicted octanol–water partition coefficient (Wildman–Crippen LogP) is 3.25. The second kappa shape index (κ2) is 3.19. The van der Waals surface area contributed by atoms with Gasteiger partial charge in [-0.05, 0) is 13.0 Å². The molecule has 58 valence electrons. The molecule has 0 aliphatic carbocycles. The van der Waals surface area contributed by atoms with Crippen molar-refractivity contribution in [2.24, 2.45) is 0 Å². The first kappa shape index (κ1) is 7.79. The molecule has 0 aliphatic rings. The van der Waals surface area contributed by atoms with E-state index in [1.54, 1.807) is 12.1 Å². The number of hydrogen-bond acceptors (Lipinski definition) is 1. The molecule has 1 rings (SSSR count). The van der Waals surface area contributed by atoms with Gasteiger partial charge in [0.05, 0.1) is 6.26 Å². The van der Waals surface area contributed by atoms with Gasteiger partial charge in [0.1, 0.15) is 0 Å². The summed E-state index contributed by atoms with van der Waals surface area (Å²) in [5, 5.41) is 0. The molecule has 1 aromatic heterocycles. The topological polar surface area (TPSA) is 13.1 Å². The summed E-state index contributed by atoms with van der Waals surface area (Å²) in [6.45, 7) is 5.01. The van der Waals surface area contributed by atoms with Crippen LogP contribution in [-0.4, -0.2) is 0 Å². The number of halogens is 1. The van der Waals surface area contributed by atoms with E-state index in [1.807, 2.05) is 13.0 Å². The molecule has 0 atom stereocenters. The van der Waals surface area contributed by atoms with E-state index >= 15 is 0 Å². The molecule has 0 saturated carbocycles. The molecule has 0 unspecified atom stereocenters. The Morgan fingerprint density at radius 1 is 1.73 bits per heavy atom. The van der Waals surface area contributed by atoms with Gasteiger partial charge in [0.15, 0.2) is 11.6 Å². The quantitative estimate of drug-likeness (QED) is 0.634. The van der Waals surface area contributed by atoms with Crippen molar-refractivity contribution in [2.45, 2.75) is 6.92 Å². The zero-order chi connectivity index (χ0) is 8.27. The lowest BCUT2D eigenvalue weighted by molar-refractivity contribution is 0.531. The van der Waals surface area contributed by atoms with Gasteiger partial charge in [-0.1, -0.05) is 18.7 Å². The molecule has 0 aromatic carbocycles. The highest BCUT2D eigenvalue weighted by atomic mass is 19.1. The number of furan rings is 1. The van der Waals surface area contributed by atoms with Gasteiger partial charge in [-0.25, -0.2) is 4.39 Å². The largest absolute Gasteiger partial charge is 0.461 e. The zero-order valence-electron chi connectivity index (χ0n) is 6.30. The average Bonchev–Trinajstić information content (AvgIpc) is 2.36. The highest BCUT2D eigenvalue weighted by molar-refractivity contribution is 5.64. The van der Waals surface area contributed by atoms with E-state index in [-0.39, 0.29) is 5.76 Å². The summed E-state index contributed by atoms with van der Waals surface area (Å²) in [5.74, 6) is -0.328. The highest BCUT2D eigenvalue weighted by Crippen LogP contribution is 2.20. The maximum atomic E-state index is 12.5. The Labute approximate surface area is 64.8 Å². The molecule has 0 radical (unpaired) electrons. The Balaban J connectivity index is 3.05. The van der Waals surface area contributed by atoms with Crippen LogP contribution in [0.1, 0.15) is 18.2 Å². The van der Waals surface area contributed by atoms with Crippen molar-refractivity contribution < 1.29 is 8.81 Å². The van der Waals surface area contributed by atoms with Crippen molar-refractivity contribution in [2.75, 3.05) is 0 Å². The summed E-state index contributed by atoms with van der Waals surface area (Å²) >= 11 is 0. The van der Waals surface area contributed by atoms with E-state index in [0.717, 1.165) is 5.56 Å². The van der Waals surface area contributed by atoms with Gasteiger partial charge in [0, 0.05) is 5.56 Å². The Hall–Kier alpha value is -1.31. The number of hydrogen-bond donors (Lipinski definition) is 0. The number of rotatable bonds is 2. The lowest BCUT2D eigenvalue weighted by Gasteiger charge is -1.90. The SMILES string of the molecule is C=C(F)c1occc1/C=C\C. The van der Waals surface area contributed by atoms with Crippen LogP contribution in [0.4, 0.5) is 4.39 Å². The lowest BCUT2D eigenvalue weighted by atomic mass is 10.2. The Morgan fingerprint density at radius 3 is 3.00 bits per heavy atom. The minimum absolute atomic E-state index is 0.211. The van der Waals surface area contributed by atoms with E-state index in [4.69, 9.17) is 4.42 Å². The second-order valence-electron chi connectivity index (χ2n) is 2.11. The molecule has 11 heavy (non-hydrogen) atoms. The van der Waals surface area contributed by atoms with Crippen molar-refractivity contribution >= 4 is 11.9 Å². The molecular weight excluding hydrogens is 143 g/mol. The standard InChI is InChI=1S/C9H9FO/c1-3-4-8-5-6-11-9(8)7(2)10/h3-6H,2H2,1H3/b4-3-. The van der Waals surface area contributed by atoms with Crippen LogP contribution in [0.25, 0.3) is 11.9 Å². The fourth-order valence-electron chi connectivity index (χ4n) is 0.850. The third kappa shape index (κ3) is 1.58. The van der Waals surface area contributed by atoms with Crippen molar-refractivity contribution in [3.05, 3.63) is 36.3 Å². The molecule has 1 nitrogen and oxygen atoms in total. The molecule has 0 aliphatic heterocycles. The minimum atomic E-state index is -0.539. The Kier molecular flexibility index (Phi) is 2.26. The zero-order valence-corrected chi connectivity index (χ0v) is 6.30. The van der Waals surface area contributed by atoms with Crippen LogP contribution in [0.15, 0.2) is 29.4 Å². The van der Waals surface area contributed by atoms with Crippen molar-refractivity contribution in [1.82, 2.24) is 0 Å². The van der Waals surface area contributed by atoms with E-state index in [9.17, 15) is 4.39 Å². The molecule has 2 heteroatoms. The molecule has 0 amide bonds. The van der Waals surface area contributed by atoms with Gasteiger partial charge in [0.25, 0.3) is 0 Å². The first-order valence-corrected chi connectivity index (χ1v) is 3.30. The fraction of sp³-hybridized carbons (Fsp3) is 0.111. The van der Waals surface area contributed by atoms with Crippen LogP contribution in [0, 0.1) is 0 Å². The van der Waals surface area contributed by atoms with Gasteiger partial charge in [-0.2, -0.15) is 0 Å². The van der Waals surface area contributed by atoms with Gasteiger partial charge in [-0.3, -0.25) is 0 Å². The van der Waals surface area contributed by atoms with E-state index in [1.165, 1.54) is 6.26 Å². The molecule has 0 saturated heterocycles. The molecule has 0 N–H and O–H groups in total. The predicted molar refractivity (Wildman–Crippen MR) is 43.6 cm³/mol. The molecule has 1 heterocycles. The smallest absolute Gasteiger partial charge is 0.168 e. The van der Waals surface area contributed by atoms with Crippen LogP contribution in [-0.2, 0) is 0 Å². The molecular formula is C9H9FO. The molecule has 0 bridgehead atoms. The van der Waals surface area contributed by atoms with Crippen LogP contribution in [0.2, 0.25) is 0 Å². The number of allylic oxidation sites excluding steroid dienone is 1. The van der Waals surface area contributed by atoms with Crippen LogP contribution < -0.4 is 0 Å². The average molecular weight is 152 g/mol. The molecule has 0 spiro atoms. The van der Waals surface area contributed by atoms with Gasteiger partial charge < -0.3 is 4.42 Å². The maximum absolute atomic E-state index is 12.5. The third-order valence-corrected chi connectivity index (χ3v) is 1.29. The first-order chi connectivity index (χ1) is 5.25. The van der Waals surface area contributed by atoms with Crippen LogP contribution in [0.3, 0.4) is 0 Å².